The van der Waals surface area contributed by atoms with Crippen LogP contribution in [0.1, 0.15) is 28.2 Å². The van der Waals surface area contributed by atoms with Gasteiger partial charge < -0.3 is 10.4 Å². The predicted octanol–water partition coefficient (Wildman–Crippen LogP) is 3.90. The highest BCUT2D eigenvalue weighted by atomic mass is 32.1. The monoisotopic (exact) mass is 283 g/mol. The van der Waals surface area contributed by atoms with E-state index in [1.807, 2.05) is 17.5 Å². The van der Waals surface area contributed by atoms with E-state index in [2.05, 4.69) is 5.32 Å². The highest BCUT2D eigenvalue weighted by Crippen LogP contribution is 2.27. The van der Waals surface area contributed by atoms with Crippen molar-refractivity contribution in [3.05, 3.63) is 51.7 Å². The maximum Gasteiger partial charge on any atom is 0.335 e. The largest absolute Gasteiger partial charge is 0.478 e. The van der Waals surface area contributed by atoms with Gasteiger partial charge in [-0.15, -0.1) is 11.3 Å². The lowest BCUT2D eigenvalue weighted by molar-refractivity contribution is 0.0696. The molecule has 100 valence electrons. The van der Waals surface area contributed by atoms with Crippen molar-refractivity contribution < 1.29 is 18.7 Å². The predicted molar refractivity (Wildman–Crippen MR) is 69.7 cm³/mol. The molecule has 0 saturated heterocycles. The molecule has 1 unspecified atom stereocenters. The Bertz CT molecular complexity index is 576. The zero-order valence-electron chi connectivity index (χ0n) is 9.98. The molecule has 0 aliphatic carbocycles. The molecule has 0 amide bonds. The first-order valence-corrected chi connectivity index (χ1v) is 6.39. The van der Waals surface area contributed by atoms with Crippen LogP contribution in [0.4, 0.5) is 14.5 Å². The van der Waals surface area contributed by atoms with Crippen LogP contribution in [0.3, 0.4) is 0 Å². The van der Waals surface area contributed by atoms with Crippen LogP contribution in [0, 0.1) is 11.6 Å². The molecule has 0 aliphatic heterocycles. The summed E-state index contributed by atoms with van der Waals surface area (Å²) in [5.74, 6) is -3.20. The second-order valence-corrected chi connectivity index (χ2v) is 4.98. The zero-order chi connectivity index (χ0) is 14.0. The Morgan fingerprint density at radius 1 is 1.37 bits per heavy atom. The average Bonchev–Trinajstić information content (AvgIpc) is 2.86. The summed E-state index contributed by atoms with van der Waals surface area (Å²) in [6.07, 6.45) is 0. The number of carboxylic acids is 1. The highest BCUT2D eigenvalue weighted by molar-refractivity contribution is 7.10. The smallest absolute Gasteiger partial charge is 0.335 e. The number of hydrogen-bond acceptors (Lipinski definition) is 3. The van der Waals surface area contributed by atoms with E-state index in [-0.39, 0.29) is 11.7 Å². The zero-order valence-corrected chi connectivity index (χ0v) is 10.8. The molecule has 0 radical (unpaired) electrons. The summed E-state index contributed by atoms with van der Waals surface area (Å²) in [6, 6.07) is 5.03. The van der Waals surface area contributed by atoms with Gasteiger partial charge in [0.15, 0.2) is 0 Å². The topological polar surface area (TPSA) is 49.3 Å². The van der Waals surface area contributed by atoms with Crippen LogP contribution in [0.25, 0.3) is 0 Å². The van der Waals surface area contributed by atoms with Crippen molar-refractivity contribution in [3.8, 4) is 0 Å². The molecule has 0 spiro atoms. The number of benzene rings is 1. The van der Waals surface area contributed by atoms with Crippen LogP contribution in [0.15, 0.2) is 29.6 Å². The molecule has 19 heavy (non-hydrogen) atoms. The molecule has 1 aromatic carbocycles. The number of aromatic carboxylic acids is 1. The van der Waals surface area contributed by atoms with Gasteiger partial charge in [0.25, 0.3) is 0 Å². The lowest BCUT2D eigenvalue weighted by atomic mass is 10.1. The molecular formula is C13H11F2NO2S. The first-order chi connectivity index (χ1) is 8.99. The van der Waals surface area contributed by atoms with Crippen molar-refractivity contribution in [2.24, 2.45) is 0 Å². The minimum absolute atomic E-state index is 0.264. The lowest BCUT2D eigenvalue weighted by Gasteiger charge is -2.15. The normalized spacial score (nSPS) is 12.2. The number of carbonyl (C=O) groups is 1. The Balaban J connectivity index is 2.28. The maximum atomic E-state index is 13.7. The summed E-state index contributed by atoms with van der Waals surface area (Å²) in [6.45, 7) is 1.77. The van der Waals surface area contributed by atoms with Gasteiger partial charge in [0.2, 0.25) is 0 Å². The summed E-state index contributed by atoms with van der Waals surface area (Å²) in [4.78, 5) is 11.6. The van der Waals surface area contributed by atoms with Crippen molar-refractivity contribution in [2.45, 2.75) is 13.0 Å². The molecule has 6 heteroatoms. The van der Waals surface area contributed by atoms with Crippen molar-refractivity contribution >= 4 is 23.0 Å². The van der Waals surface area contributed by atoms with E-state index in [0.29, 0.717) is 0 Å². The van der Waals surface area contributed by atoms with Gasteiger partial charge in [-0.2, -0.15) is 0 Å². The van der Waals surface area contributed by atoms with Crippen molar-refractivity contribution in [1.82, 2.24) is 0 Å². The van der Waals surface area contributed by atoms with E-state index in [0.717, 1.165) is 17.0 Å². The molecule has 0 fully saturated rings. The van der Waals surface area contributed by atoms with Gasteiger partial charge in [0.05, 0.1) is 11.6 Å². The first kappa shape index (κ1) is 13.5. The second kappa shape index (κ2) is 5.36. The van der Waals surface area contributed by atoms with Crippen LogP contribution < -0.4 is 5.32 Å². The Labute approximate surface area is 112 Å². The molecule has 0 bridgehead atoms. The van der Waals surface area contributed by atoms with Gasteiger partial charge in [0, 0.05) is 4.88 Å². The van der Waals surface area contributed by atoms with Crippen molar-refractivity contribution in [2.75, 3.05) is 5.32 Å². The number of carboxylic acid groups (broad SMARTS) is 1. The van der Waals surface area contributed by atoms with Crippen molar-refractivity contribution in [3.63, 3.8) is 0 Å². The van der Waals surface area contributed by atoms with Gasteiger partial charge in [-0.25, -0.2) is 13.6 Å². The summed E-state index contributed by atoms with van der Waals surface area (Å²) < 4.78 is 27.4. The van der Waals surface area contributed by atoms with Gasteiger partial charge in [-0.3, -0.25) is 0 Å². The van der Waals surface area contributed by atoms with Gasteiger partial charge in [-0.05, 0) is 30.5 Å². The highest BCUT2D eigenvalue weighted by Gasteiger charge is 2.17. The van der Waals surface area contributed by atoms with Crippen LogP contribution in [0.5, 0.6) is 0 Å². The Kier molecular flexibility index (Phi) is 3.80. The molecule has 1 heterocycles. The number of thiophene rings is 1. The molecule has 0 saturated carbocycles. The maximum absolute atomic E-state index is 13.7. The Morgan fingerprint density at radius 2 is 2.00 bits per heavy atom. The summed E-state index contributed by atoms with van der Waals surface area (Å²) in [5.41, 5.74) is -0.727. The Hall–Kier alpha value is -1.95. The number of hydrogen-bond donors (Lipinski definition) is 2. The second-order valence-electron chi connectivity index (χ2n) is 4.00. The minimum Gasteiger partial charge on any atom is -0.478 e. The number of rotatable bonds is 4. The number of anilines is 1. The quantitative estimate of drug-likeness (QED) is 0.894. The Morgan fingerprint density at radius 3 is 2.47 bits per heavy atom. The van der Waals surface area contributed by atoms with E-state index < -0.39 is 23.2 Å². The lowest BCUT2D eigenvalue weighted by Crippen LogP contribution is -2.10. The van der Waals surface area contributed by atoms with Gasteiger partial charge >= 0.3 is 5.97 Å². The molecule has 2 aromatic rings. The molecule has 2 rings (SSSR count). The van der Waals surface area contributed by atoms with E-state index in [1.165, 1.54) is 11.3 Å². The van der Waals surface area contributed by atoms with Crippen molar-refractivity contribution in [1.29, 1.82) is 0 Å². The fourth-order valence-electron chi connectivity index (χ4n) is 1.66. The third-order valence-electron chi connectivity index (χ3n) is 2.62. The third kappa shape index (κ3) is 2.90. The molecule has 0 aliphatic rings. The molecular weight excluding hydrogens is 272 g/mol. The van der Waals surface area contributed by atoms with Crippen LogP contribution in [-0.2, 0) is 0 Å². The molecule has 2 N–H and O–H groups in total. The number of nitrogens with one attached hydrogen (secondary N) is 1. The standard InChI is InChI=1S/C13H11F2NO2S/c1-7(11-3-2-4-19-11)16-12-9(14)5-8(13(17)18)6-10(12)15/h2-7,16H,1H3,(H,17,18). The summed E-state index contributed by atoms with van der Waals surface area (Å²) in [7, 11) is 0. The van der Waals surface area contributed by atoms with Crippen LogP contribution in [-0.4, -0.2) is 11.1 Å². The van der Waals surface area contributed by atoms with E-state index >= 15 is 0 Å². The minimum atomic E-state index is -1.37. The van der Waals surface area contributed by atoms with Gasteiger partial charge in [0.1, 0.15) is 17.3 Å². The fraction of sp³-hybridized carbons (Fsp3) is 0.154. The fourth-order valence-corrected chi connectivity index (χ4v) is 2.39. The van der Waals surface area contributed by atoms with Crippen LogP contribution in [0.2, 0.25) is 0 Å². The number of halogens is 2. The molecule has 1 atom stereocenters. The average molecular weight is 283 g/mol. The summed E-state index contributed by atoms with van der Waals surface area (Å²) in [5, 5.41) is 13.3. The summed E-state index contributed by atoms with van der Waals surface area (Å²) >= 11 is 1.47. The SMILES string of the molecule is CC(Nc1c(F)cc(C(=O)O)cc1F)c1cccs1. The van der Waals surface area contributed by atoms with Crippen LogP contribution >= 0.6 is 11.3 Å². The van der Waals surface area contributed by atoms with E-state index in [4.69, 9.17) is 5.11 Å². The van der Waals surface area contributed by atoms with E-state index in [1.54, 1.807) is 6.92 Å². The first-order valence-electron chi connectivity index (χ1n) is 5.51. The third-order valence-corrected chi connectivity index (χ3v) is 3.67. The molecule has 3 nitrogen and oxygen atoms in total. The molecule has 1 aromatic heterocycles. The van der Waals surface area contributed by atoms with Gasteiger partial charge in [-0.1, -0.05) is 6.07 Å². The van der Waals surface area contributed by atoms with E-state index in [9.17, 15) is 13.6 Å².